The molecule has 0 N–H and O–H groups in total. The number of nitro groups is 1. The molecule has 3 aromatic rings. The van der Waals surface area contributed by atoms with Crippen LogP contribution in [0.3, 0.4) is 0 Å². The van der Waals surface area contributed by atoms with Gasteiger partial charge < -0.3 is 9.15 Å². The molecule has 1 fully saturated rings. The molecule has 0 atom stereocenters. The largest absolute Gasteiger partial charge is 0.497 e. The third-order valence-corrected chi connectivity index (χ3v) is 5.53. The van der Waals surface area contributed by atoms with Gasteiger partial charge in [0, 0.05) is 6.08 Å². The minimum Gasteiger partial charge on any atom is -0.497 e. The lowest BCUT2D eigenvalue weighted by Gasteiger charge is -2.11. The molecule has 156 valence electrons. The van der Waals surface area contributed by atoms with Gasteiger partial charge >= 0.3 is 0 Å². The summed E-state index contributed by atoms with van der Waals surface area (Å²) < 4.78 is 10.8. The van der Waals surface area contributed by atoms with E-state index in [4.69, 9.17) is 9.15 Å². The molecule has 1 aliphatic heterocycles. The number of benzene rings is 2. The van der Waals surface area contributed by atoms with E-state index in [-0.39, 0.29) is 33.7 Å². The van der Waals surface area contributed by atoms with Crippen LogP contribution in [0.5, 0.6) is 5.75 Å². The third-order valence-electron chi connectivity index (χ3n) is 4.62. The lowest BCUT2D eigenvalue weighted by atomic mass is 10.1. The Morgan fingerprint density at radius 2 is 1.90 bits per heavy atom. The van der Waals surface area contributed by atoms with Crippen LogP contribution in [0.15, 0.2) is 70.0 Å². The van der Waals surface area contributed by atoms with Gasteiger partial charge in [0.2, 0.25) is 0 Å². The average molecular weight is 436 g/mol. The zero-order chi connectivity index (χ0) is 22.0. The Balaban J connectivity index is 1.58. The summed E-state index contributed by atoms with van der Waals surface area (Å²) in [6, 6.07) is 16.8. The number of carbonyl (C=O) groups is 2. The highest BCUT2D eigenvalue weighted by Gasteiger charge is 2.35. The fraction of sp³-hybridized carbons (Fsp3) is 0.0909. The lowest BCUT2D eigenvalue weighted by Crippen LogP contribution is -2.27. The summed E-state index contributed by atoms with van der Waals surface area (Å²) in [5.74, 6) is 0.524. The molecular formula is C22H16N2O6S. The highest BCUT2D eigenvalue weighted by atomic mass is 32.2. The summed E-state index contributed by atoms with van der Waals surface area (Å²) in [7, 11) is 1.43. The van der Waals surface area contributed by atoms with Gasteiger partial charge in [0.1, 0.15) is 17.3 Å². The van der Waals surface area contributed by atoms with Gasteiger partial charge in [-0.15, -0.1) is 0 Å². The molecule has 9 heteroatoms. The molecule has 31 heavy (non-hydrogen) atoms. The van der Waals surface area contributed by atoms with Crippen LogP contribution >= 0.6 is 11.8 Å². The van der Waals surface area contributed by atoms with Crippen molar-refractivity contribution in [2.45, 2.75) is 6.54 Å². The van der Waals surface area contributed by atoms with E-state index in [1.807, 2.05) is 30.3 Å². The van der Waals surface area contributed by atoms with Crippen molar-refractivity contribution in [1.82, 2.24) is 4.90 Å². The van der Waals surface area contributed by atoms with Crippen molar-refractivity contribution in [3.8, 4) is 17.1 Å². The van der Waals surface area contributed by atoms with E-state index in [0.29, 0.717) is 11.5 Å². The summed E-state index contributed by atoms with van der Waals surface area (Å²) >= 11 is 0.828. The van der Waals surface area contributed by atoms with E-state index in [2.05, 4.69) is 0 Å². The second kappa shape index (κ2) is 8.49. The molecule has 0 spiro atoms. The van der Waals surface area contributed by atoms with Crippen LogP contribution in [0.4, 0.5) is 10.5 Å². The fourth-order valence-electron chi connectivity index (χ4n) is 3.10. The molecule has 1 aromatic heterocycles. The number of methoxy groups -OCH3 is 1. The summed E-state index contributed by atoms with van der Waals surface area (Å²) in [6.07, 6.45) is 1.47. The van der Waals surface area contributed by atoms with Crippen molar-refractivity contribution in [3.63, 3.8) is 0 Å². The van der Waals surface area contributed by atoms with E-state index in [1.165, 1.54) is 30.2 Å². The van der Waals surface area contributed by atoms with Crippen molar-refractivity contribution in [2.24, 2.45) is 0 Å². The maximum absolute atomic E-state index is 12.7. The Kier molecular flexibility index (Phi) is 5.59. The second-order valence-corrected chi connectivity index (χ2v) is 7.59. The molecule has 2 heterocycles. The molecule has 0 aliphatic carbocycles. The Hall–Kier alpha value is -3.85. The van der Waals surface area contributed by atoms with Crippen molar-refractivity contribution >= 4 is 34.7 Å². The molecule has 8 nitrogen and oxygen atoms in total. The van der Waals surface area contributed by atoms with Crippen LogP contribution in [0.25, 0.3) is 17.4 Å². The number of hydrogen-bond donors (Lipinski definition) is 0. The summed E-state index contributed by atoms with van der Waals surface area (Å²) in [6.45, 7) is 0.185. The summed E-state index contributed by atoms with van der Waals surface area (Å²) in [5, 5.41) is 11.1. The predicted molar refractivity (Wildman–Crippen MR) is 115 cm³/mol. The van der Waals surface area contributed by atoms with Crippen LogP contribution in [0.2, 0.25) is 0 Å². The van der Waals surface area contributed by atoms with E-state index < -0.39 is 10.8 Å². The quantitative estimate of drug-likeness (QED) is 0.301. The van der Waals surface area contributed by atoms with Crippen LogP contribution in [-0.4, -0.2) is 28.1 Å². The highest BCUT2D eigenvalue weighted by molar-refractivity contribution is 8.18. The van der Waals surface area contributed by atoms with Gasteiger partial charge in [0.15, 0.2) is 0 Å². The maximum atomic E-state index is 12.7. The van der Waals surface area contributed by atoms with Gasteiger partial charge in [0.25, 0.3) is 16.8 Å². The molecule has 1 aliphatic rings. The number of carbonyl (C=O) groups excluding carboxylic acids is 2. The number of furan rings is 1. The number of ether oxygens (including phenoxy) is 1. The molecule has 1 saturated heterocycles. The topological polar surface area (TPSA) is 103 Å². The number of thioether (sulfide) groups is 1. The highest BCUT2D eigenvalue weighted by Crippen LogP contribution is 2.37. The van der Waals surface area contributed by atoms with Gasteiger partial charge in [-0.05, 0) is 41.6 Å². The van der Waals surface area contributed by atoms with Crippen LogP contribution in [0.1, 0.15) is 11.3 Å². The van der Waals surface area contributed by atoms with Crippen LogP contribution < -0.4 is 4.74 Å². The number of nitrogens with zero attached hydrogens (tertiary/aromatic N) is 2. The van der Waals surface area contributed by atoms with Crippen molar-refractivity contribution < 1.29 is 23.7 Å². The summed E-state index contributed by atoms with van der Waals surface area (Å²) in [4.78, 5) is 37.3. The van der Waals surface area contributed by atoms with Crippen LogP contribution in [0, 0.1) is 10.1 Å². The van der Waals surface area contributed by atoms with E-state index in [1.54, 1.807) is 18.2 Å². The zero-order valence-electron chi connectivity index (χ0n) is 16.3. The average Bonchev–Trinajstić information content (AvgIpc) is 3.34. The monoisotopic (exact) mass is 436 g/mol. The summed E-state index contributed by atoms with van der Waals surface area (Å²) in [5.41, 5.74) is 0.962. The fourth-order valence-corrected chi connectivity index (χ4v) is 3.92. The SMILES string of the molecule is COc1ccc(-c2ccc(/C=C3/SC(=O)N(Cc4ccccc4)C3=O)o2)c([N+](=O)[O-])c1. The molecule has 0 radical (unpaired) electrons. The third kappa shape index (κ3) is 4.22. The van der Waals surface area contributed by atoms with Gasteiger partial charge in [0.05, 0.1) is 35.1 Å². The number of amides is 2. The Morgan fingerprint density at radius 3 is 2.61 bits per heavy atom. The first-order chi connectivity index (χ1) is 15.0. The Labute approximate surface area is 181 Å². The first kappa shape index (κ1) is 20.4. The Bertz CT molecular complexity index is 1200. The first-order valence-corrected chi connectivity index (χ1v) is 10.00. The number of nitro benzene ring substituents is 1. The van der Waals surface area contributed by atoms with Crippen molar-refractivity contribution in [1.29, 1.82) is 0 Å². The smallest absolute Gasteiger partial charge is 0.293 e. The van der Waals surface area contributed by atoms with Crippen LogP contribution in [-0.2, 0) is 11.3 Å². The maximum Gasteiger partial charge on any atom is 0.293 e. The second-order valence-electron chi connectivity index (χ2n) is 6.60. The van der Waals surface area contributed by atoms with Gasteiger partial charge in [-0.25, -0.2) is 0 Å². The Morgan fingerprint density at radius 1 is 1.13 bits per heavy atom. The standard InChI is InChI=1S/C22H16N2O6S/c1-29-15-7-9-17(18(11-15)24(27)28)19-10-8-16(30-19)12-20-21(25)23(22(26)31-20)13-14-5-3-2-4-6-14/h2-12H,13H2,1H3/b20-12+. The van der Waals surface area contributed by atoms with Gasteiger partial charge in [-0.1, -0.05) is 30.3 Å². The normalized spacial score (nSPS) is 15.0. The zero-order valence-corrected chi connectivity index (χ0v) is 17.1. The lowest BCUT2D eigenvalue weighted by molar-refractivity contribution is -0.384. The molecule has 0 unspecified atom stereocenters. The van der Waals surface area contributed by atoms with E-state index in [9.17, 15) is 19.7 Å². The molecule has 0 bridgehead atoms. The minimum absolute atomic E-state index is 0.163. The number of hydrogen-bond acceptors (Lipinski definition) is 7. The molecule has 2 amide bonds. The van der Waals surface area contributed by atoms with Crippen molar-refractivity contribution in [2.75, 3.05) is 7.11 Å². The van der Waals surface area contributed by atoms with Crippen molar-refractivity contribution in [3.05, 3.63) is 87.0 Å². The van der Waals surface area contributed by atoms with E-state index >= 15 is 0 Å². The number of rotatable bonds is 6. The predicted octanol–water partition coefficient (Wildman–Crippen LogP) is 5.10. The molecular weight excluding hydrogens is 420 g/mol. The number of imide groups is 1. The first-order valence-electron chi connectivity index (χ1n) is 9.18. The van der Waals surface area contributed by atoms with Gasteiger partial charge in [-0.3, -0.25) is 24.6 Å². The minimum atomic E-state index is -0.519. The van der Waals surface area contributed by atoms with E-state index in [0.717, 1.165) is 17.3 Å². The van der Waals surface area contributed by atoms with Gasteiger partial charge in [-0.2, -0.15) is 0 Å². The molecule has 2 aromatic carbocycles. The molecule has 0 saturated carbocycles. The molecule has 4 rings (SSSR count).